The predicted octanol–water partition coefficient (Wildman–Crippen LogP) is 2.36. The Morgan fingerprint density at radius 3 is 2.32 bits per heavy atom. The van der Waals surface area contributed by atoms with Crippen molar-refractivity contribution in [1.29, 1.82) is 0 Å². The summed E-state index contributed by atoms with van der Waals surface area (Å²) in [4.78, 5) is 11.2. The summed E-state index contributed by atoms with van der Waals surface area (Å²) in [5, 5.41) is 0. The minimum absolute atomic E-state index is 0.0891. The summed E-state index contributed by atoms with van der Waals surface area (Å²) in [6.45, 7) is 1.45. The number of rotatable bonds is 7. The average molecular weight is 365 g/mol. The van der Waals surface area contributed by atoms with Gasteiger partial charge in [-0.05, 0) is 55.0 Å². The third-order valence-electron chi connectivity index (χ3n) is 3.37. The molecule has 0 fully saturated rings. The van der Waals surface area contributed by atoms with E-state index >= 15 is 0 Å². The van der Waals surface area contributed by atoms with E-state index in [-0.39, 0.29) is 11.5 Å². The zero-order chi connectivity index (χ0) is 18.4. The summed E-state index contributed by atoms with van der Waals surface area (Å²) in [5.74, 6) is 0.525. The number of sulfonamides is 1. The summed E-state index contributed by atoms with van der Waals surface area (Å²) < 4.78 is 42.3. The Kier molecular flexibility index (Phi) is 5.87. The van der Waals surface area contributed by atoms with Crippen molar-refractivity contribution in [3.05, 3.63) is 48.0 Å². The van der Waals surface area contributed by atoms with Crippen LogP contribution >= 0.6 is 0 Å². The van der Waals surface area contributed by atoms with Gasteiger partial charge < -0.3 is 14.2 Å². The molecule has 2 aromatic carbocycles. The van der Waals surface area contributed by atoms with Gasteiger partial charge in [0.1, 0.15) is 11.5 Å². The Morgan fingerprint density at radius 2 is 1.76 bits per heavy atom. The van der Waals surface area contributed by atoms with E-state index in [9.17, 15) is 13.2 Å². The molecule has 2 aromatic rings. The number of aryl methyl sites for hydroxylation is 1. The number of esters is 1. The van der Waals surface area contributed by atoms with Gasteiger partial charge in [-0.1, -0.05) is 0 Å². The molecule has 0 radical (unpaired) electrons. The second-order valence-electron chi connectivity index (χ2n) is 5.13. The van der Waals surface area contributed by atoms with E-state index in [1.165, 1.54) is 32.4 Å². The molecule has 8 heteroatoms. The lowest BCUT2D eigenvalue weighted by molar-refractivity contribution is -0.142. The van der Waals surface area contributed by atoms with Crippen LogP contribution in [0.25, 0.3) is 0 Å². The highest BCUT2D eigenvalue weighted by Gasteiger charge is 2.16. The third kappa shape index (κ3) is 4.87. The molecular weight excluding hydrogens is 346 g/mol. The van der Waals surface area contributed by atoms with Crippen LogP contribution in [0.15, 0.2) is 47.4 Å². The standard InChI is InChI=1S/C17H19NO6S/c1-12-10-15(8-9-16(12)24-11-17(19)23-3)25(20,21)18-13-4-6-14(22-2)7-5-13/h4-10,18H,11H2,1-3H3. The van der Waals surface area contributed by atoms with Crippen LogP contribution in [0, 0.1) is 6.92 Å². The number of methoxy groups -OCH3 is 2. The molecule has 0 bridgehead atoms. The molecular formula is C17H19NO6S. The number of carbonyl (C=O) groups excluding carboxylic acids is 1. The van der Waals surface area contributed by atoms with E-state index in [0.717, 1.165) is 0 Å². The minimum atomic E-state index is -3.75. The van der Waals surface area contributed by atoms with Crippen LogP contribution in [0.3, 0.4) is 0 Å². The van der Waals surface area contributed by atoms with Crippen LogP contribution in [0.2, 0.25) is 0 Å². The van der Waals surface area contributed by atoms with Gasteiger partial charge in [0.25, 0.3) is 10.0 Å². The monoisotopic (exact) mass is 365 g/mol. The van der Waals surface area contributed by atoms with Crippen LogP contribution in [-0.4, -0.2) is 35.2 Å². The quantitative estimate of drug-likeness (QED) is 0.758. The van der Waals surface area contributed by atoms with E-state index in [2.05, 4.69) is 9.46 Å². The van der Waals surface area contributed by atoms with Crippen molar-refractivity contribution in [3.63, 3.8) is 0 Å². The molecule has 0 spiro atoms. The van der Waals surface area contributed by atoms with Gasteiger partial charge in [0, 0.05) is 5.69 Å². The number of ether oxygens (including phenoxy) is 3. The first-order valence-electron chi connectivity index (χ1n) is 7.33. The molecule has 0 aliphatic heterocycles. The molecule has 0 unspecified atom stereocenters. The van der Waals surface area contributed by atoms with Gasteiger partial charge in [-0.25, -0.2) is 13.2 Å². The van der Waals surface area contributed by atoms with Crippen molar-refractivity contribution in [1.82, 2.24) is 0 Å². The van der Waals surface area contributed by atoms with Gasteiger partial charge in [-0.3, -0.25) is 4.72 Å². The second-order valence-corrected chi connectivity index (χ2v) is 6.81. The van der Waals surface area contributed by atoms with Gasteiger partial charge in [0.15, 0.2) is 6.61 Å². The van der Waals surface area contributed by atoms with Gasteiger partial charge in [-0.2, -0.15) is 0 Å². The van der Waals surface area contributed by atoms with E-state index in [1.807, 2.05) is 0 Å². The first kappa shape index (κ1) is 18.6. The zero-order valence-corrected chi connectivity index (χ0v) is 14.9. The molecule has 0 aliphatic rings. The maximum Gasteiger partial charge on any atom is 0.343 e. The molecule has 2 rings (SSSR count). The minimum Gasteiger partial charge on any atom is -0.497 e. The number of benzene rings is 2. The second kappa shape index (κ2) is 7.89. The Hall–Kier alpha value is -2.74. The Labute approximate surface area is 146 Å². The summed E-state index contributed by atoms with van der Waals surface area (Å²) in [6, 6.07) is 10.9. The highest BCUT2D eigenvalue weighted by molar-refractivity contribution is 7.92. The third-order valence-corrected chi connectivity index (χ3v) is 4.75. The maximum absolute atomic E-state index is 12.5. The van der Waals surface area contributed by atoms with Crippen LogP contribution in [0.5, 0.6) is 11.5 Å². The number of hydrogen-bond donors (Lipinski definition) is 1. The van der Waals surface area contributed by atoms with Crippen LogP contribution in [0.4, 0.5) is 5.69 Å². The van der Waals surface area contributed by atoms with Crippen molar-refractivity contribution >= 4 is 21.7 Å². The maximum atomic E-state index is 12.5. The number of hydrogen-bond acceptors (Lipinski definition) is 6. The largest absolute Gasteiger partial charge is 0.497 e. The van der Waals surface area contributed by atoms with Crippen molar-refractivity contribution in [2.75, 3.05) is 25.5 Å². The molecule has 0 aromatic heterocycles. The number of carbonyl (C=O) groups is 1. The fourth-order valence-corrected chi connectivity index (χ4v) is 3.16. The smallest absolute Gasteiger partial charge is 0.343 e. The first-order chi connectivity index (χ1) is 11.9. The summed E-state index contributed by atoms with van der Waals surface area (Å²) in [5.41, 5.74) is 1.01. The zero-order valence-electron chi connectivity index (χ0n) is 14.1. The first-order valence-corrected chi connectivity index (χ1v) is 8.81. The van der Waals surface area contributed by atoms with Crippen molar-refractivity contribution in [2.24, 2.45) is 0 Å². The fourth-order valence-electron chi connectivity index (χ4n) is 2.02. The van der Waals surface area contributed by atoms with Crippen molar-refractivity contribution < 1.29 is 27.4 Å². The van der Waals surface area contributed by atoms with Crippen LogP contribution in [0.1, 0.15) is 5.56 Å². The highest BCUT2D eigenvalue weighted by atomic mass is 32.2. The lowest BCUT2D eigenvalue weighted by Gasteiger charge is -2.12. The molecule has 0 amide bonds. The van der Waals surface area contributed by atoms with Crippen molar-refractivity contribution in [3.8, 4) is 11.5 Å². The summed E-state index contributed by atoms with van der Waals surface area (Å²) in [7, 11) is -0.950. The van der Waals surface area contributed by atoms with Crippen LogP contribution < -0.4 is 14.2 Å². The molecule has 25 heavy (non-hydrogen) atoms. The molecule has 0 saturated heterocycles. The van der Waals surface area contributed by atoms with Gasteiger partial charge in [-0.15, -0.1) is 0 Å². The topological polar surface area (TPSA) is 90.9 Å². The van der Waals surface area contributed by atoms with E-state index in [1.54, 1.807) is 31.2 Å². The predicted molar refractivity (Wildman–Crippen MR) is 92.5 cm³/mol. The number of anilines is 1. The van der Waals surface area contributed by atoms with Crippen LogP contribution in [-0.2, 0) is 19.6 Å². The molecule has 0 heterocycles. The summed E-state index contributed by atoms with van der Waals surface area (Å²) in [6.07, 6.45) is 0. The lowest BCUT2D eigenvalue weighted by Crippen LogP contribution is -2.15. The molecule has 134 valence electrons. The molecule has 0 aliphatic carbocycles. The van der Waals surface area contributed by atoms with Gasteiger partial charge >= 0.3 is 5.97 Å². The molecule has 0 atom stereocenters. The van der Waals surface area contributed by atoms with E-state index in [4.69, 9.17) is 9.47 Å². The molecule has 0 saturated carbocycles. The Morgan fingerprint density at radius 1 is 1.08 bits per heavy atom. The molecule has 7 nitrogen and oxygen atoms in total. The Balaban J connectivity index is 2.15. The summed E-state index contributed by atoms with van der Waals surface area (Å²) >= 11 is 0. The lowest BCUT2D eigenvalue weighted by atomic mass is 10.2. The fraction of sp³-hybridized carbons (Fsp3) is 0.235. The average Bonchev–Trinajstić information content (AvgIpc) is 2.60. The highest BCUT2D eigenvalue weighted by Crippen LogP contribution is 2.24. The normalized spacial score (nSPS) is 10.8. The van der Waals surface area contributed by atoms with E-state index < -0.39 is 16.0 Å². The van der Waals surface area contributed by atoms with E-state index in [0.29, 0.717) is 22.7 Å². The SMILES string of the molecule is COC(=O)COc1ccc(S(=O)(=O)Nc2ccc(OC)cc2)cc1C. The Bertz CT molecular complexity index is 846. The number of nitrogens with one attached hydrogen (secondary N) is 1. The molecule has 1 N–H and O–H groups in total. The van der Waals surface area contributed by atoms with Gasteiger partial charge in [0.2, 0.25) is 0 Å². The van der Waals surface area contributed by atoms with Crippen molar-refractivity contribution in [2.45, 2.75) is 11.8 Å². The van der Waals surface area contributed by atoms with Gasteiger partial charge in [0.05, 0.1) is 19.1 Å².